The van der Waals surface area contributed by atoms with Crippen LogP contribution in [0, 0.1) is 0 Å². The molecule has 0 saturated heterocycles. The first-order valence-electron chi connectivity index (χ1n) is 4.64. The Labute approximate surface area is 76.3 Å². The zero-order chi connectivity index (χ0) is 9.98. The highest BCUT2D eigenvalue weighted by atomic mass is 16.2. The number of allylic oxidation sites excluding steroid dienone is 1. The third-order valence-electron chi connectivity index (χ3n) is 1.26. The Hall–Kier alpha value is -0.790. The Balaban J connectivity index is 0. The Morgan fingerprint density at radius 3 is 2.17 bits per heavy atom. The molecular formula is C10H21NO. The van der Waals surface area contributed by atoms with Crippen LogP contribution in [0.1, 0.15) is 40.5 Å². The summed E-state index contributed by atoms with van der Waals surface area (Å²) in [5.74, 6) is 0.157. The van der Waals surface area contributed by atoms with Crippen molar-refractivity contribution in [3.8, 4) is 0 Å². The van der Waals surface area contributed by atoms with Crippen molar-refractivity contribution in [2.45, 2.75) is 40.5 Å². The number of carbonyl (C=O) groups is 1. The molecule has 0 aliphatic carbocycles. The summed E-state index contributed by atoms with van der Waals surface area (Å²) in [4.78, 5) is 12.5. The molecule has 12 heavy (non-hydrogen) atoms. The fourth-order valence-corrected chi connectivity index (χ4v) is 0.596. The van der Waals surface area contributed by atoms with Gasteiger partial charge < -0.3 is 4.90 Å². The van der Waals surface area contributed by atoms with E-state index in [0.29, 0.717) is 6.42 Å². The van der Waals surface area contributed by atoms with Crippen molar-refractivity contribution in [2.24, 2.45) is 0 Å². The summed E-state index contributed by atoms with van der Waals surface area (Å²) in [6, 6.07) is 0. The van der Waals surface area contributed by atoms with Crippen molar-refractivity contribution >= 4 is 5.91 Å². The Bertz CT molecular complexity index is 130. The molecule has 0 aromatic heterocycles. The van der Waals surface area contributed by atoms with E-state index in [2.05, 4.69) is 0 Å². The second-order valence-electron chi connectivity index (χ2n) is 2.15. The number of carbonyl (C=O) groups excluding carboxylic acids is 1. The molecule has 0 aromatic rings. The van der Waals surface area contributed by atoms with Gasteiger partial charge in [0.15, 0.2) is 0 Å². The van der Waals surface area contributed by atoms with Crippen LogP contribution in [-0.4, -0.2) is 17.9 Å². The van der Waals surface area contributed by atoms with Gasteiger partial charge in [0.1, 0.15) is 0 Å². The Morgan fingerprint density at radius 1 is 1.33 bits per heavy atom. The van der Waals surface area contributed by atoms with Crippen LogP contribution in [0.25, 0.3) is 0 Å². The summed E-state index contributed by atoms with van der Waals surface area (Å²) in [7, 11) is 1.78. The molecule has 1 amide bonds. The molecule has 2 heteroatoms. The number of hydrogen-bond donors (Lipinski definition) is 0. The summed E-state index contributed by atoms with van der Waals surface area (Å²) in [5, 5.41) is 0. The van der Waals surface area contributed by atoms with Crippen molar-refractivity contribution < 1.29 is 4.79 Å². The molecule has 0 aromatic carbocycles. The molecule has 0 N–H and O–H groups in total. The first-order chi connectivity index (χ1) is 5.72. The van der Waals surface area contributed by atoms with Gasteiger partial charge in [0, 0.05) is 19.7 Å². The van der Waals surface area contributed by atoms with Crippen LogP contribution < -0.4 is 0 Å². The molecule has 0 heterocycles. The predicted molar refractivity (Wildman–Crippen MR) is 53.8 cm³/mol. The van der Waals surface area contributed by atoms with E-state index >= 15 is 0 Å². The number of hydrogen-bond acceptors (Lipinski definition) is 1. The lowest BCUT2D eigenvalue weighted by Crippen LogP contribution is -2.19. The number of rotatable bonds is 3. The minimum atomic E-state index is 0.157. The Kier molecular flexibility index (Phi) is 11.7. The molecule has 0 unspecified atom stereocenters. The van der Waals surface area contributed by atoms with E-state index < -0.39 is 0 Å². The smallest absolute Gasteiger partial charge is 0.225 e. The van der Waals surface area contributed by atoms with Gasteiger partial charge in [-0.25, -0.2) is 0 Å². The maximum absolute atomic E-state index is 10.9. The summed E-state index contributed by atoms with van der Waals surface area (Å²) < 4.78 is 0. The molecule has 72 valence electrons. The first-order valence-corrected chi connectivity index (χ1v) is 4.64. The fraction of sp³-hybridized carbons (Fsp3) is 0.700. The van der Waals surface area contributed by atoms with Gasteiger partial charge in [-0.05, 0) is 6.42 Å². The van der Waals surface area contributed by atoms with Gasteiger partial charge >= 0.3 is 0 Å². The molecule has 0 bridgehead atoms. The van der Waals surface area contributed by atoms with E-state index in [-0.39, 0.29) is 5.91 Å². The van der Waals surface area contributed by atoms with Crippen LogP contribution >= 0.6 is 0 Å². The minimum absolute atomic E-state index is 0.157. The maximum atomic E-state index is 10.9. The first kappa shape index (κ1) is 13.8. The van der Waals surface area contributed by atoms with E-state index in [0.717, 1.165) is 6.42 Å². The minimum Gasteiger partial charge on any atom is -0.322 e. The highest BCUT2D eigenvalue weighted by molar-refractivity contribution is 5.76. The molecular weight excluding hydrogens is 150 g/mol. The van der Waals surface area contributed by atoms with E-state index in [9.17, 15) is 4.79 Å². The lowest BCUT2D eigenvalue weighted by Gasteiger charge is -2.08. The second-order valence-corrected chi connectivity index (χ2v) is 2.15. The number of nitrogens with zero attached hydrogens (tertiary/aromatic N) is 1. The topological polar surface area (TPSA) is 20.3 Å². The molecule has 0 saturated carbocycles. The van der Waals surface area contributed by atoms with Crippen molar-refractivity contribution in [3.63, 3.8) is 0 Å². The highest BCUT2D eigenvalue weighted by Gasteiger charge is 1.98. The average Bonchev–Trinajstić information content (AvgIpc) is 2.16. The second kappa shape index (κ2) is 10.2. The highest BCUT2D eigenvalue weighted by Crippen LogP contribution is 1.91. The lowest BCUT2D eigenvalue weighted by atomic mass is 10.4. The largest absolute Gasteiger partial charge is 0.322 e. The third kappa shape index (κ3) is 7.32. The van der Waals surface area contributed by atoms with E-state index in [1.807, 2.05) is 40.0 Å². The molecule has 0 fully saturated rings. The van der Waals surface area contributed by atoms with Gasteiger partial charge in [0.05, 0.1) is 0 Å². The standard InChI is InChI=1S/C8H15NO.C2H6/c1-4-6-7-9(3)8(10)5-2;1-2/h6-7H,4-5H2,1-3H3;1-2H3/b7-6-;. The zero-order valence-corrected chi connectivity index (χ0v) is 8.92. The van der Waals surface area contributed by atoms with Gasteiger partial charge in [0.25, 0.3) is 0 Å². The molecule has 0 aliphatic heterocycles. The normalized spacial score (nSPS) is 9.08. The molecule has 0 atom stereocenters. The molecule has 0 rings (SSSR count). The number of amides is 1. The van der Waals surface area contributed by atoms with Crippen LogP contribution in [0.2, 0.25) is 0 Å². The lowest BCUT2D eigenvalue weighted by molar-refractivity contribution is -0.127. The van der Waals surface area contributed by atoms with Gasteiger partial charge in [-0.3, -0.25) is 4.79 Å². The van der Waals surface area contributed by atoms with Gasteiger partial charge in [-0.15, -0.1) is 0 Å². The van der Waals surface area contributed by atoms with Crippen molar-refractivity contribution in [2.75, 3.05) is 7.05 Å². The van der Waals surface area contributed by atoms with Crippen molar-refractivity contribution in [1.82, 2.24) is 4.90 Å². The maximum Gasteiger partial charge on any atom is 0.225 e. The Morgan fingerprint density at radius 2 is 1.83 bits per heavy atom. The predicted octanol–water partition coefficient (Wildman–Crippen LogP) is 2.80. The monoisotopic (exact) mass is 171 g/mol. The molecule has 2 nitrogen and oxygen atoms in total. The van der Waals surface area contributed by atoms with Crippen LogP contribution in [0.5, 0.6) is 0 Å². The average molecular weight is 171 g/mol. The van der Waals surface area contributed by atoms with E-state index in [1.54, 1.807) is 11.9 Å². The third-order valence-corrected chi connectivity index (χ3v) is 1.26. The van der Waals surface area contributed by atoms with Gasteiger partial charge in [-0.1, -0.05) is 33.8 Å². The quantitative estimate of drug-likeness (QED) is 0.639. The van der Waals surface area contributed by atoms with Crippen LogP contribution in [0.3, 0.4) is 0 Å². The summed E-state index contributed by atoms with van der Waals surface area (Å²) in [5.41, 5.74) is 0. The van der Waals surface area contributed by atoms with Crippen LogP contribution in [-0.2, 0) is 4.79 Å². The van der Waals surface area contributed by atoms with Crippen LogP contribution in [0.15, 0.2) is 12.3 Å². The molecule has 0 aliphatic rings. The van der Waals surface area contributed by atoms with Gasteiger partial charge in [-0.2, -0.15) is 0 Å². The van der Waals surface area contributed by atoms with Gasteiger partial charge in [0.2, 0.25) is 5.91 Å². The summed E-state index contributed by atoms with van der Waals surface area (Å²) in [6.07, 6.45) is 5.32. The molecule has 0 spiro atoms. The van der Waals surface area contributed by atoms with Crippen molar-refractivity contribution in [1.29, 1.82) is 0 Å². The summed E-state index contributed by atoms with van der Waals surface area (Å²) >= 11 is 0. The fourth-order valence-electron chi connectivity index (χ4n) is 0.596. The summed E-state index contributed by atoms with van der Waals surface area (Å²) in [6.45, 7) is 7.90. The van der Waals surface area contributed by atoms with E-state index in [4.69, 9.17) is 0 Å². The molecule has 0 radical (unpaired) electrons. The SMILES string of the molecule is CC.CC/C=C\N(C)C(=O)CC. The van der Waals surface area contributed by atoms with Crippen molar-refractivity contribution in [3.05, 3.63) is 12.3 Å². The van der Waals surface area contributed by atoms with E-state index in [1.165, 1.54) is 0 Å². The zero-order valence-electron chi connectivity index (χ0n) is 8.92. The van der Waals surface area contributed by atoms with Crippen LogP contribution in [0.4, 0.5) is 0 Å².